The van der Waals surface area contributed by atoms with E-state index in [2.05, 4.69) is 37.1 Å². The third-order valence-electron chi connectivity index (χ3n) is 5.26. The molecule has 3 heterocycles. The van der Waals surface area contributed by atoms with Crippen molar-refractivity contribution in [2.75, 3.05) is 17.2 Å². The predicted molar refractivity (Wildman–Crippen MR) is 99.2 cm³/mol. The van der Waals surface area contributed by atoms with Gasteiger partial charge in [0.15, 0.2) is 5.82 Å². The molecule has 3 unspecified atom stereocenters. The highest BCUT2D eigenvalue weighted by Crippen LogP contribution is 2.43. The van der Waals surface area contributed by atoms with E-state index in [1.807, 2.05) is 13.2 Å². The van der Waals surface area contributed by atoms with E-state index in [0.29, 0.717) is 35.2 Å². The molecular formula is C17H21ClN8. The minimum Gasteiger partial charge on any atom is -0.362 e. The fourth-order valence-electron chi connectivity index (χ4n) is 4.13. The number of anilines is 3. The highest BCUT2D eigenvalue weighted by atomic mass is 35.5. The Kier molecular flexibility index (Phi) is 4.42. The number of fused-ring (bicyclic) bond motifs is 1. The first kappa shape index (κ1) is 17.1. The Morgan fingerprint density at radius 3 is 3.08 bits per heavy atom. The number of hydrogen-bond donors (Lipinski definition) is 3. The largest absolute Gasteiger partial charge is 0.362 e. The molecule has 8 nitrogen and oxygen atoms in total. The van der Waals surface area contributed by atoms with Gasteiger partial charge in [-0.15, -0.1) is 0 Å². The molecule has 0 spiro atoms. The van der Waals surface area contributed by atoms with Gasteiger partial charge in [-0.05, 0) is 31.7 Å². The lowest BCUT2D eigenvalue weighted by molar-refractivity contribution is 0.446. The Morgan fingerprint density at radius 2 is 2.35 bits per heavy atom. The number of nitrogens with one attached hydrogen (secondary N) is 3. The monoisotopic (exact) mass is 372 g/mol. The molecule has 4 rings (SSSR count). The van der Waals surface area contributed by atoms with E-state index in [4.69, 9.17) is 11.6 Å². The Morgan fingerprint density at radius 1 is 1.46 bits per heavy atom. The van der Waals surface area contributed by atoms with Gasteiger partial charge < -0.3 is 16.0 Å². The summed E-state index contributed by atoms with van der Waals surface area (Å²) >= 11 is 6.33. The number of aryl methyl sites for hydroxylation is 1. The zero-order valence-corrected chi connectivity index (χ0v) is 15.3. The summed E-state index contributed by atoms with van der Waals surface area (Å²) in [7, 11) is 1.84. The maximum atomic E-state index is 9.36. The fraction of sp³-hybridized carbons (Fsp3) is 0.529. The Labute approximate surface area is 157 Å². The molecule has 1 aliphatic carbocycles. The molecule has 0 bridgehead atoms. The molecule has 26 heavy (non-hydrogen) atoms. The van der Waals surface area contributed by atoms with Crippen LogP contribution in [-0.4, -0.2) is 37.9 Å². The molecule has 0 amide bonds. The Balaban J connectivity index is 1.56. The van der Waals surface area contributed by atoms with E-state index in [-0.39, 0.29) is 5.54 Å². The summed E-state index contributed by atoms with van der Waals surface area (Å²) in [6.07, 6.45) is 8.54. The number of rotatable bonds is 5. The van der Waals surface area contributed by atoms with Gasteiger partial charge in [-0.25, -0.2) is 4.98 Å². The predicted octanol–water partition coefficient (Wildman–Crippen LogP) is 2.44. The van der Waals surface area contributed by atoms with E-state index in [1.54, 1.807) is 17.1 Å². The smallest absolute Gasteiger partial charge is 0.229 e. The third-order valence-corrected chi connectivity index (χ3v) is 5.54. The van der Waals surface area contributed by atoms with Crippen LogP contribution in [0.4, 0.5) is 17.5 Å². The van der Waals surface area contributed by atoms with Gasteiger partial charge in [0, 0.05) is 19.3 Å². The summed E-state index contributed by atoms with van der Waals surface area (Å²) in [5.74, 6) is 1.60. The molecule has 1 saturated heterocycles. The minimum atomic E-state index is -0.304. The summed E-state index contributed by atoms with van der Waals surface area (Å²) in [5.41, 5.74) is 0.494. The molecular weight excluding hydrogens is 352 g/mol. The summed E-state index contributed by atoms with van der Waals surface area (Å²) in [4.78, 5) is 8.76. The molecule has 136 valence electrons. The second kappa shape index (κ2) is 6.74. The van der Waals surface area contributed by atoms with Crippen molar-refractivity contribution >= 4 is 29.1 Å². The maximum absolute atomic E-state index is 9.36. The van der Waals surface area contributed by atoms with Crippen molar-refractivity contribution in [1.29, 1.82) is 5.26 Å². The summed E-state index contributed by atoms with van der Waals surface area (Å²) in [6, 6.07) is 2.80. The lowest BCUT2D eigenvalue weighted by Crippen LogP contribution is -2.38. The highest BCUT2D eigenvalue weighted by molar-refractivity contribution is 6.32. The van der Waals surface area contributed by atoms with Gasteiger partial charge >= 0.3 is 0 Å². The topological polar surface area (TPSA) is 103 Å². The number of nitrogens with zero attached hydrogens (tertiary/aromatic N) is 5. The van der Waals surface area contributed by atoms with E-state index in [9.17, 15) is 5.26 Å². The summed E-state index contributed by atoms with van der Waals surface area (Å²) in [5, 5.41) is 24.1. The van der Waals surface area contributed by atoms with Gasteiger partial charge in [-0.2, -0.15) is 15.3 Å². The van der Waals surface area contributed by atoms with E-state index in [1.165, 1.54) is 0 Å². The molecule has 9 heteroatoms. The van der Waals surface area contributed by atoms with Crippen LogP contribution in [0.2, 0.25) is 5.02 Å². The first-order chi connectivity index (χ1) is 12.6. The van der Waals surface area contributed by atoms with Crippen molar-refractivity contribution < 1.29 is 0 Å². The van der Waals surface area contributed by atoms with Gasteiger partial charge in [-0.3, -0.25) is 4.68 Å². The van der Waals surface area contributed by atoms with Crippen molar-refractivity contribution in [3.8, 4) is 6.07 Å². The minimum absolute atomic E-state index is 0.304. The van der Waals surface area contributed by atoms with Crippen LogP contribution in [0.15, 0.2) is 18.6 Å². The molecule has 0 aromatic carbocycles. The Hall–Kier alpha value is -2.37. The normalized spacial score (nSPS) is 27.1. The van der Waals surface area contributed by atoms with Gasteiger partial charge in [0.1, 0.15) is 5.02 Å². The van der Waals surface area contributed by atoms with Gasteiger partial charge in [0.2, 0.25) is 5.95 Å². The first-order valence-corrected chi connectivity index (χ1v) is 9.11. The molecule has 2 aromatic rings. The molecule has 3 atom stereocenters. The summed E-state index contributed by atoms with van der Waals surface area (Å²) in [6.45, 7) is 1.06. The lowest BCUT2D eigenvalue weighted by atomic mass is 9.91. The van der Waals surface area contributed by atoms with Crippen LogP contribution >= 0.6 is 11.6 Å². The number of halogens is 1. The molecule has 2 fully saturated rings. The van der Waals surface area contributed by atoms with Crippen LogP contribution in [0.25, 0.3) is 0 Å². The summed E-state index contributed by atoms with van der Waals surface area (Å²) < 4.78 is 1.70. The van der Waals surface area contributed by atoms with Crippen molar-refractivity contribution in [3.63, 3.8) is 0 Å². The van der Waals surface area contributed by atoms with E-state index < -0.39 is 0 Å². The number of hydrogen-bond acceptors (Lipinski definition) is 7. The maximum Gasteiger partial charge on any atom is 0.229 e. The standard InChI is InChI=1S/C17H21ClN8/c1-26-10-12(8-22-26)23-16-21-9-13(18)15(24-16)25-17(3-4-19)6-11-2-5-20-14(11)7-17/h8-11,14,20H,2-3,5-7H2,1H3,(H2,21,23,24,25). The fourth-order valence-corrected chi connectivity index (χ4v) is 4.27. The number of nitriles is 1. The third kappa shape index (κ3) is 3.32. The van der Waals surface area contributed by atoms with Crippen LogP contribution < -0.4 is 16.0 Å². The van der Waals surface area contributed by atoms with Crippen LogP contribution in [0.1, 0.15) is 25.7 Å². The van der Waals surface area contributed by atoms with Crippen molar-refractivity contribution in [2.45, 2.75) is 37.3 Å². The molecule has 2 aliphatic rings. The van der Waals surface area contributed by atoms with Gasteiger partial charge in [0.05, 0.1) is 36.1 Å². The molecule has 1 aliphatic heterocycles. The Bertz CT molecular complexity index is 830. The van der Waals surface area contributed by atoms with Crippen molar-refractivity contribution in [1.82, 2.24) is 25.1 Å². The zero-order valence-electron chi connectivity index (χ0n) is 14.5. The zero-order chi connectivity index (χ0) is 18.1. The average molecular weight is 373 g/mol. The van der Waals surface area contributed by atoms with Crippen molar-refractivity contribution in [2.24, 2.45) is 13.0 Å². The van der Waals surface area contributed by atoms with Crippen molar-refractivity contribution in [3.05, 3.63) is 23.6 Å². The number of aromatic nitrogens is 4. The van der Waals surface area contributed by atoms with Crippen LogP contribution in [0, 0.1) is 17.2 Å². The van der Waals surface area contributed by atoms with Crippen LogP contribution in [0.3, 0.4) is 0 Å². The molecule has 1 saturated carbocycles. The molecule has 2 aromatic heterocycles. The van der Waals surface area contributed by atoms with Crippen LogP contribution in [0.5, 0.6) is 0 Å². The first-order valence-electron chi connectivity index (χ1n) is 8.74. The average Bonchev–Trinajstić information content (AvgIpc) is 3.27. The second-order valence-electron chi connectivity index (χ2n) is 7.18. The molecule has 3 N–H and O–H groups in total. The van der Waals surface area contributed by atoms with Gasteiger partial charge in [0.25, 0.3) is 0 Å². The van der Waals surface area contributed by atoms with Crippen LogP contribution in [-0.2, 0) is 7.05 Å². The quantitative estimate of drug-likeness (QED) is 0.740. The molecule has 0 radical (unpaired) electrons. The van der Waals surface area contributed by atoms with Gasteiger partial charge in [-0.1, -0.05) is 11.6 Å². The SMILES string of the molecule is Cn1cc(Nc2ncc(Cl)c(NC3(CC#N)CC4CCNC4C3)n2)cn1. The second-order valence-corrected chi connectivity index (χ2v) is 7.58. The lowest BCUT2D eigenvalue weighted by Gasteiger charge is -2.30. The van der Waals surface area contributed by atoms with E-state index in [0.717, 1.165) is 31.5 Å². The van der Waals surface area contributed by atoms with E-state index >= 15 is 0 Å². The highest BCUT2D eigenvalue weighted by Gasteiger charge is 2.47.